The Hall–Kier alpha value is -2.49. The highest BCUT2D eigenvalue weighted by Crippen LogP contribution is 2.38. The number of carbonyl (C=O) groups is 1. The second-order valence-electron chi connectivity index (χ2n) is 6.27. The van der Waals surface area contributed by atoms with Crippen molar-refractivity contribution in [2.24, 2.45) is 0 Å². The monoisotopic (exact) mass is 429 g/mol. The molecule has 6 nitrogen and oxygen atoms in total. The highest BCUT2D eigenvalue weighted by Gasteiger charge is 2.41. The first-order valence-corrected chi connectivity index (χ1v) is 10.1. The number of ether oxygens (including phenoxy) is 2. The Morgan fingerprint density at radius 1 is 1.10 bits per heavy atom. The number of para-hydroxylation sites is 2. The van der Waals surface area contributed by atoms with E-state index in [0.29, 0.717) is 32.8 Å². The van der Waals surface area contributed by atoms with Gasteiger partial charge in [-0.1, -0.05) is 23.5 Å². The van der Waals surface area contributed by atoms with Crippen LogP contribution in [0.4, 0.5) is 24.0 Å². The molecule has 1 aliphatic rings. The zero-order chi connectivity index (χ0) is 21.0. The molecule has 0 atom stereocenters. The van der Waals surface area contributed by atoms with Gasteiger partial charge in [-0.3, -0.25) is 0 Å². The van der Waals surface area contributed by atoms with E-state index in [1.807, 2.05) is 31.2 Å². The fourth-order valence-electron chi connectivity index (χ4n) is 3.11. The number of esters is 1. The van der Waals surface area contributed by atoms with Crippen LogP contribution in [0.25, 0.3) is 0 Å². The van der Waals surface area contributed by atoms with E-state index in [-0.39, 0.29) is 11.7 Å². The number of benzene rings is 1. The second kappa shape index (κ2) is 8.89. The lowest BCUT2D eigenvalue weighted by atomic mass is 10.2. The molecule has 1 aromatic carbocycles. The molecule has 0 N–H and O–H groups in total. The number of aromatic nitrogens is 1. The van der Waals surface area contributed by atoms with Crippen LogP contribution in [0.15, 0.2) is 24.3 Å². The third-order valence-corrected chi connectivity index (χ3v) is 5.50. The number of nitrogens with zero attached hydrogens (tertiary/aromatic N) is 3. The molecule has 3 rings (SSSR count). The van der Waals surface area contributed by atoms with E-state index in [2.05, 4.69) is 9.88 Å². The molecule has 2 aromatic rings. The summed E-state index contributed by atoms with van der Waals surface area (Å²) in [6.45, 7) is 6.16. The summed E-state index contributed by atoms with van der Waals surface area (Å²) in [5.74, 6) is -0.213. The summed E-state index contributed by atoms with van der Waals surface area (Å²) >= 11 is 0.726. The van der Waals surface area contributed by atoms with E-state index in [4.69, 9.17) is 9.47 Å². The highest BCUT2D eigenvalue weighted by molar-refractivity contribution is 7.17. The van der Waals surface area contributed by atoms with Gasteiger partial charge in [0.2, 0.25) is 0 Å². The van der Waals surface area contributed by atoms with Gasteiger partial charge in [0.15, 0.2) is 10.8 Å². The Morgan fingerprint density at radius 3 is 2.38 bits per heavy atom. The highest BCUT2D eigenvalue weighted by atomic mass is 32.1. The van der Waals surface area contributed by atoms with Crippen molar-refractivity contribution in [3.63, 3.8) is 0 Å². The summed E-state index contributed by atoms with van der Waals surface area (Å²) in [6, 6.07) is 7.68. The minimum Gasteiger partial charge on any atom is -0.492 e. The third kappa shape index (κ3) is 4.75. The van der Waals surface area contributed by atoms with E-state index < -0.39 is 22.7 Å². The maximum absolute atomic E-state index is 13.3. The molecule has 29 heavy (non-hydrogen) atoms. The van der Waals surface area contributed by atoms with Crippen molar-refractivity contribution in [1.82, 2.24) is 4.98 Å². The quantitative estimate of drug-likeness (QED) is 0.646. The Morgan fingerprint density at radius 2 is 1.76 bits per heavy atom. The summed E-state index contributed by atoms with van der Waals surface area (Å²) in [6.07, 6.45) is -4.71. The molecule has 0 spiro atoms. The van der Waals surface area contributed by atoms with Gasteiger partial charge in [-0.2, -0.15) is 13.2 Å². The van der Waals surface area contributed by atoms with E-state index >= 15 is 0 Å². The summed E-state index contributed by atoms with van der Waals surface area (Å²) in [4.78, 5) is 19.1. The number of thiazole rings is 1. The van der Waals surface area contributed by atoms with Gasteiger partial charge in [0.05, 0.1) is 18.9 Å². The van der Waals surface area contributed by atoms with Crippen molar-refractivity contribution < 1.29 is 27.4 Å². The van der Waals surface area contributed by atoms with E-state index in [1.54, 1.807) is 11.8 Å². The van der Waals surface area contributed by atoms with Gasteiger partial charge in [0.1, 0.15) is 10.6 Å². The molecule has 1 aliphatic heterocycles. The first-order chi connectivity index (χ1) is 13.8. The number of rotatable bonds is 6. The molecule has 10 heteroatoms. The lowest BCUT2D eigenvalue weighted by molar-refractivity contribution is -0.141. The lowest BCUT2D eigenvalue weighted by Crippen LogP contribution is -2.46. The minimum absolute atomic E-state index is 0.00127. The number of piperazine rings is 1. The fourth-order valence-corrected chi connectivity index (χ4v) is 4.14. The summed E-state index contributed by atoms with van der Waals surface area (Å²) in [5, 5.41) is 0.179. The minimum atomic E-state index is -4.71. The summed E-state index contributed by atoms with van der Waals surface area (Å²) < 4.78 is 50.4. The Labute approximate surface area is 170 Å². The van der Waals surface area contributed by atoms with Crippen LogP contribution in [-0.4, -0.2) is 50.3 Å². The summed E-state index contributed by atoms with van der Waals surface area (Å²) in [7, 11) is 0. The predicted octanol–water partition coefficient (Wildman–Crippen LogP) is 4.06. The van der Waals surface area contributed by atoms with Crippen molar-refractivity contribution in [3.05, 3.63) is 34.8 Å². The van der Waals surface area contributed by atoms with Crippen molar-refractivity contribution in [1.29, 1.82) is 0 Å². The largest absolute Gasteiger partial charge is 0.492 e. The van der Waals surface area contributed by atoms with Crippen LogP contribution in [-0.2, 0) is 10.9 Å². The fraction of sp³-hybridized carbons (Fsp3) is 0.474. The zero-order valence-electron chi connectivity index (χ0n) is 16.2. The predicted molar refractivity (Wildman–Crippen MR) is 105 cm³/mol. The lowest BCUT2D eigenvalue weighted by Gasteiger charge is -2.36. The van der Waals surface area contributed by atoms with Crippen molar-refractivity contribution in [2.45, 2.75) is 20.0 Å². The molecule has 1 fully saturated rings. The van der Waals surface area contributed by atoms with Gasteiger partial charge >= 0.3 is 12.1 Å². The molecule has 0 radical (unpaired) electrons. The van der Waals surface area contributed by atoms with Gasteiger partial charge in [-0.15, -0.1) is 0 Å². The Balaban J connectivity index is 1.77. The van der Waals surface area contributed by atoms with E-state index in [9.17, 15) is 18.0 Å². The Kier molecular flexibility index (Phi) is 6.51. The van der Waals surface area contributed by atoms with Crippen molar-refractivity contribution in [2.75, 3.05) is 49.2 Å². The number of halogens is 3. The number of carbonyl (C=O) groups excluding carboxylic acids is 1. The smallest absolute Gasteiger partial charge is 0.435 e. The number of hydrogen-bond acceptors (Lipinski definition) is 7. The molecular weight excluding hydrogens is 407 g/mol. The van der Waals surface area contributed by atoms with Crippen molar-refractivity contribution in [3.8, 4) is 5.75 Å². The van der Waals surface area contributed by atoms with Gasteiger partial charge in [0, 0.05) is 26.2 Å². The van der Waals surface area contributed by atoms with Crippen LogP contribution in [0, 0.1) is 0 Å². The number of alkyl halides is 3. The summed E-state index contributed by atoms with van der Waals surface area (Å²) in [5.41, 5.74) is -0.226. The molecule has 0 unspecified atom stereocenters. The zero-order valence-corrected chi connectivity index (χ0v) is 17.0. The number of hydrogen-bond donors (Lipinski definition) is 0. The molecule has 0 aliphatic carbocycles. The van der Waals surface area contributed by atoms with Crippen LogP contribution >= 0.6 is 11.3 Å². The van der Waals surface area contributed by atoms with E-state index in [1.165, 1.54) is 0 Å². The van der Waals surface area contributed by atoms with Gasteiger partial charge in [-0.05, 0) is 26.0 Å². The second-order valence-corrected chi connectivity index (χ2v) is 7.24. The molecule has 0 amide bonds. The van der Waals surface area contributed by atoms with Crippen LogP contribution in [0.5, 0.6) is 5.75 Å². The van der Waals surface area contributed by atoms with Crippen LogP contribution in [0.2, 0.25) is 0 Å². The molecule has 0 saturated carbocycles. The average Bonchev–Trinajstić information content (AvgIpc) is 3.15. The molecule has 0 bridgehead atoms. The van der Waals surface area contributed by atoms with Crippen LogP contribution < -0.4 is 14.5 Å². The Bertz CT molecular complexity index is 849. The van der Waals surface area contributed by atoms with Gasteiger partial charge < -0.3 is 19.3 Å². The maximum Gasteiger partial charge on any atom is 0.435 e. The first-order valence-electron chi connectivity index (χ1n) is 9.32. The molecule has 1 aromatic heterocycles. The molecule has 2 heterocycles. The van der Waals surface area contributed by atoms with E-state index in [0.717, 1.165) is 22.8 Å². The molecule has 158 valence electrons. The van der Waals surface area contributed by atoms with Gasteiger partial charge in [0.25, 0.3) is 0 Å². The van der Waals surface area contributed by atoms with Crippen molar-refractivity contribution >= 4 is 28.1 Å². The first kappa shape index (κ1) is 21.2. The van der Waals surface area contributed by atoms with Crippen LogP contribution in [0.1, 0.15) is 29.2 Å². The number of anilines is 2. The standard InChI is InChI=1S/C19H22F3N3O3S/c1-3-27-14-8-6-5-7-13(14)24-9-11-25(12-10-24)18-23-16(19(20,21)22)15(29-18)17(26)28-4-2/h5-8H,3-4,9-12H2,1-2H3. The maximum atomic E-state index is 13.3. The average molecular weight is 429 g/mol. The normalized spacial score (nSPS) is 14.8. The van der Waals surface area contributed by atoms with Crippen LogP contribution in [0.3, 0.4) is 0 Å². The third-order valence-electron chi connectivity index (χ3n) is 4.40. The molecule has 1 saturated heterocycles. The molecular formula is C19H22F3N3O3S. The topological polar surface area (TPSA) is 54.9 Å². The van der Waals surface area contributed by atoms with Gasteiger partial charge in [-0.25, -0.2) is 9.78 Å². The SMILES string of the molecule is CCOC(=O)c1sc(N2CCN(c3ccccc3OCC)CC2)nc1C(F)(F)F.